The van der Waals surface area contributed by atoms with Crippen molar-refractivity contribution in [3.63, 3.8) is 0 Å². The summed E-state index contributed by atoms with van der Waals surface area (Å²) < 4.78 is 64.1. The van der Waals surface area contributed by atoms with Gasteiger partial charge < -0.3 is 33.7 Å². The summed E-state index contributed by atoms with van der Waals surface area (Å²) in [6.07, 6.45) is 17.4. The molecule has 1 atom stereocenters. The zero-order valence-corrected chi connectivity index (χ0v) is 41.7. The van der Waals surface area contributed by atoms with Crippen LogP contribution in [0.1, 0.15) is 129 Å². The van der Waals surface area contributed by atoms with Crippen LogP contribution < -0.4 is 14.8 Å². The number of carbonyl (C=O) groups is 3. The standard InChI is InChI=1S/C52H74N4O11S/c1-6-7-8-9-10-11-12-13-14-15-16-17-18-19-20-25-32-55-48(53-42-27-22-24-29-46(42)68(55,60)61)47(56-50(58)52(3,4)67-51(56)59)49(57)54-41-26-21-23-28-43(41)66-45-39-40(2)30-31-44(45)65-38-37-64-36-35-63-34-33-62-5/h21-24,26-31,39,47H,6-20,25,32-38H2,1-5H3,(H,54,57). The summed E-state index contributed by atoms with van der Waals surface area (Å²) in [5.74, 6) is -1.02. The molecule has 0 spiro atoms. The Kier molecular flexibility index (Phi) is 22.1. The number of imide groups is 1. The molecule has 2 aliphatic rings. The van der Waals surface area contributed by atoms with Crippen LogP contribution in [0, 0.1) is 6.92 Å². The number of aliphatic imine (C=N–C) groups is 1. The van der Waals surface area contributed by atoms with Crippen LogP contribution in [-0.4, -0.2) is 106 Å². The molecule has 2 heterocycles. The van der Waals surface area contributed by atoms with E-state index in [1.165, 1.54) is 96.6 Å². The highest BCUT2D eigenvalue weighted by molar-refractivity contribution is 7.90. The average Bonchev–Trinajstić information content (AvgIpc) is 3.51. The highest BCUT2D eigenvalue weighted by atomic mass is 32.2. The smallest absolute Gasteiger partial charge is 0.418 e. The molecule has 2 aliphatic heterocycles. The Morgan fingerprint density at radius 3 is 1.91 bits per heavy atom. The molecule has 1 fully saturated rings. The minimum absolute atomic E-state index is 0.0266. The average molecular weight is 963 g/mol. The minimum Gasteiger partial charge on any atom is -0.487 e. The van der Waals surface area contributed by atoms with Gasteiger partial charge >= 0.3 is 6.09 Å². The number of carbonyl (C=O) groups excluding carboxylic acids is 3. The molecular weight excluding hydrogens is 889 g/mol. The molecule has 16 heteroatoms. The Morgan fingerprint density at radius 2 is 1.29 bits per heavy atom. The third-order valence-electron chi connectivity index (χ3n) is 11.9. The van der Waals surface area contributed by atoms with Crippen molar-refractivity contribution in [1.82, 2.24) is 9.21 Å². The quantitative estimate of drug-likeness (QED) is 0.0576. The van der Waals surface area contributed by atoms with E-state index in [1.54, 1.807) is 55.6 Å². The lowest BCUT2D eigenvalue weighted by Gasteiger charge is -2.35. The molecule has 3 amide bonds. The molecule has 5 rings (SSSR count). The minimum atomic E-state index is -4.30. The van der Waals surface area contributed by atoms with Gasteiger partial charge in [-0.05, 0) is 69.2 Å². The predicted octanol–water partition coefficient (Wildman–Crippen LogP) is 10.9. The van der Waals surface area contributed by atoms with Crippen molar-refractivity contribution in [1.29, 1.82) is 0 Å². The molecule has 1 saturated heterocycles. The van der Waals surface area contributed by atoms with E-state index in [4.69, 9.17) is 33.4 Å². The Hall–Kier alpha value is -5.03. The van der Waals surface area contributed by atoms with Crippen molar-refractivity contribution in [2.45, 2.75) is 147 Å². The highest BCUT2D eigenvalue weighted by Crippen LogP contribution is 2.39. The molecule has 1 N–H and O–H groups in total. The van der Waals surface area contributed by atoms with E-state index in [9.17, 15) is 22.8 Å². The van der Waals surface area contributed by atoms with Gasteiger partial charge in [-0.2, -0.15) is 0 Å². The van der Waals surface area contributed by atoms with E-state index in [-0.39, 0.29) is 41.0 Å². The lowest BCUT2D eigenvalue weighted by Crippen LogP contribution is -2.59. The predicted molar refractivity (Wildman–Crippen MR) is 264 cm³/mol. The molecule has 0 aliphatic carbocycles. The van der Waals surface area contributed by atoms with Crippen LogP contribution in [0.2, 0.25) is 0 Å². The zero-order chi connectivity index (χ0) is 48.8. The largest absolute Gasteiger partial charge is 0.487 e. The molecular formula is C52H74N4O11S. The number of nitrogens with zero attached hydrogens (tertiary/aromatic N) is 3. The van der Waals surface area contributed by atoms with Crippen molar-refractivity contribution in [3.8, 4) is 17.2 Å². The summed E-state index contributed by atoms with van der Waals surface area (Å²) in [5.41, 5.74) is -0.492. The second-order valence-corrected chi connectivity index (χ2v) is 19.7. The summed E-state index contributed by atoms with van der Waals surface area (Å²) in [4.78, 5) is 47.9. The summed E-state index contributed by atoms with van der Waals surface area (Å²) >= 11 is 0. The maximum absolute atomic E-state index is 14.9. The fraction of sp³-hybridized carbons (Fsp3) is 0.577. The van der Waals surface area contributed by atoms with Crippen LogP contribution in [0.5, 0.6) is 17.2 Å². The van der Waals surface area contributed by atoms with E-state index in [1.807, 2.05) is 13.0 Å². The first kappa shape index (κ1) is 53.9. The van der Waals surface area contributed by atoms with Crippen LogP contribution in [0.15, 0.2) is 76.6 Å². The molecule has 0 radical (unpaired) electrons. The van der Waals surface area contributed by atoms with Gasteiger partial charge in [0.25, 0.3) is 21.8 Å². The first-order valence-corrected chi connectivity index (χ1v) is 26.1. The van der Waals surface area contributed by atoms with E-state index < -0.39 is 39.6 Å². The number of amidine groups is 1. The number of hydrogen-bond donors (Lipinski definition) is 1. The van der Waals surface area contributed by atoms with Crippen LogP contribution >= 0.6 is 0 Å². The Labute approximate surface area is 404 Å². The Balaban J connectivity index is 1.29. The first-order chi connectivity index (χ1) is 32.9. The second kappa shape index (κ2) is 27.8. The van der Waals surface area contributed by atoms with Crippen molar-refractivity contribution in [2.24, 2.45) is 4.99 Å². The van der Waals surface area contributed by atoms with Gasteiger partial charge in [0.05, 0.1) is 44.4 Å². The fourth-order valence-corrected chi connectivity index (χ4v) is 9.77. The van der Waals surface area contributed by atoms with Crippen molar-refractivity contribution >= 4 is 45.1 Å². The molecule has 0 bridgehead atoms. The normalized spacial score (nSPS) is 15.5. The number of ether oxygens (including phenoxy) is 6. The van der Waals surface area contributed by atoms with E-state index in [0.29, 0.717) is 55.9 Å². The maximum atomic E-state index is 14.9. The number of rotatable bonds is 33. The second-order valence-electron chi connectivity index (χ2n) is 17.9. The summed E-state index contributed by atoms with van der Waals surface area (Å²) in [5, 5.41) is 2.84. The van der Waals surface area contributed by atoms with Gasteiger partial charge in [-0.25, -0.2) is 23.1 Å². The van der Waals surface area contributed by atoms with Gasteiger partial charge in [0, 0.05) is 13.7 Å². The zero-order valence-electron chi connectivity index (χ0n) is 40.9. The number of methoxy groups -OCH3 is 1. The van der Waals surface area contributed by atoms with Crippen LogP contribution in [0.4, 0.5) is 16.2 Å². The van der Waals surface area contributed by atoms with E-state index >= 15 is 0 Å². The number of sulfonamides is 1. The van der Waals surface area contributed by atoms with Gasteiger partial charge in [-0.15, -0.1) is 0 Å². The van der Waals surface area contributed by atoms with Crippen molar-refractivity contribution in [2.75, 3.05) is 58.6 Å². The maximum Gasteiger partial charge on any atom is 0.418 e. The van der Waals surface area contributed by atoms with Gasteiger partial charge in [0.1, 0.15) is 11.5 Å². The van der Waals surface area contributed by atoms with E-state index in [0.717, 1.165) is 35.6 Å². The molecule has 0 saturated carbocycles. The third-order valence-corrected chi connectivity index (χ3v) is 13.8. The van der Waals surface area contributed by atoms with Crippen molar-refractivity contribution < 1.29 is 51.2 Å². The molecule has 374 valence electrons. The Bertz CT molecular complexity index is 2220. The fourth-order valence-electron chi connectivity index (χ4n) is 8.15. The van der Waals surface area contributed by atoms with Gasteiger partial charge in [-0.3, -0.25) is 13.9 Å². The highest BCUT2D eigenvalue weighted by Gasteiger charge is 2.55. The first-order valence-electron chi connectivity index (χ1n) is 24.6. The molecule has 68 heavy (non-hydrogen) atoms. The molecule has 0 aromatic heterocycles. The summed E-state index contributed by atoms with van der Waals surface area (Å²) in [6, 6.07) is 16.5. The monoisotopic (exact) mass is 963 g/mol. The number of nitrogens with one attached hydrogen (secondary N) is 1. The molecule has 3 aromatic rings. The lowest BCUT2D eigenvalue weighted by molar-refractivity contribution is -0.137. The van der Waals surface area contributed by atoms with Crippen LogP contribution in [0.3, 0.4) is 0 Å². The number of hydrogen-bond acceptors (Lipinski definition) is 12. The van der Waals surface area contributed by atoms with Crippen molar-refractivity contribution in [3.05, 3.63) is 72.3 Å². The van der Waals surface area contributed by atoms with E-state index in [2.05, 4.69) is 12.2 Å². The summed E-state index contributed by atoms with van der Waals surface area (Å²) in [6.45, 7) is 9.27. The number of unbranched alkanes of at least 4 members (excludes halogenated alkanes) is 15. The van der Waals surface area contributed by atoms with Crippen LogP contribution in [0.25, 0.3) is 0 Å². The number of amides is 3. The molecule has 1 unspecified atom stereocenters. The Morgan fingerprint density at radius 1 is 0.721 bits per heavy atom. The number of cyclic esters (lactones) is 1. The number of fused-ring (bicyclic) bond motifs is 1. The number of anilines is 1. The molecule has 15 nitrogen and oxygen atoms in total. The van der Waals surface area contributed by atoms with Crippen LogP contribution in [-0.2, 0) is 38.6 Å². The number of benzene rings is 3. The number of aryl methyl sites for hydroxylation is 1. The summed E-state index contributed by atoms with van der Waals surface area (Å²) in [7, 11) is -2.69. The third kappa shape index (κ3) is 15.8. The van der Waals surface area contributed by atoms with Gasteiger partial charge in [0.15, 0.2) is 34.7 Å². The van der Waals surface area contributed by atoms with Gasteiger partial charge in [0.2, 0.25) is 0 Å². The lowest BCUT2D eigenvalue weighted by atomic mass is 10.0. The molecule has 3 aromatic carbocycles. The number of para-hydroxylation sites is 3. The SMILES string of the molecule is CCCCCCCCCCCCCCCCCCN1C(C(C(=O)Nc2ccccc2Oc2cc(C)ccc2OCCOCCOCCOC)N2C(=O)OC(C)(C)C2=O)=Nc2ccccc2S1(=O)=O. The van der Waals surface area contributed by atoms with Gasteiger partial charge in [-0.1, -0.05) is 134 Å². The topological polar surface area (TPSA) is 172 Å².